The zero-order chi connectivity index (χ0) is 16.7. The van der Waals surface area contributed by atoms with Crippen LogP contribution in [0.4, 0.5) is 11.6 Å². The van der Waals surface area contributed by atoms with E-state index in [1.165, 1.54) is 0 Å². The highest BCUT2D eigenvalue weighted by Gasteiger charge is 2.14. The van der Waals surface area contributed by atoms with E-state index in [-0.39, 0.29) is 5.75 Å². The van der Waals surface area contributed by atoms with Crippen LogP contribution in [0.3, 0.4) is 0 Å². The van der Waals surface area contributed by atoms with Crippen molar-refractivity contribution < 1.29 is 9.63 Å². The number of thiophene rings is 1. The Kier molecular flexibility index (Phi) is 3.54. The molecule has 0 unspecified atom stereocenters. The van der Waals surface area contributed by atoms with Gasteiger partial charge in [0.2, 0.25) is 0 Å². The molecule has 0 aliphatic rings. The molecule has 2 heterocycles. The fourth-order valence-electron chi connectivity index (χ4n) is 2.76. The molecule has 0 aliphatic heterocycles. The fraction of sp³-hybridized carbons (Fsp3) is 0.167. The zero-order valence-electron chi connectivity index (χ0n) is 13.3. The lowest BCUT2D eigenvalue weighted by atomic mass is 10.1. The van der Waals surface area contributed by atoms with Crippen LogP contribution in [0.1, 0.15) is 17.4 Å². The Morgan fingerprint density at radius 1 is 1.17 bits per heavy atom. The smallest absolute Gasteiger partial charge is 0.277 e. The summed E-state index contributed by atoms with van der Waals surface area (Å²) >= 11 is 1.60. The summed E-state index contributed by atoms with van der Waals surface area (Å²) in [6.07, 6.45) is 0.756. The van der Waals surface area contributed by atoms with Gasteiger partial charge in [-0.2, -0.15) is 0 Å². The fourth-order valence-corrected chi connectivity index (χ4v) is 3.80. The number of benzene rings is 2. The van der Waals surface area contributed by atoms with Crippen LogP contribution in [0, 0.1) is 6.92 Å². The monoisotopic (exact) mass is 337 g/mol. The molecule has 2 aromatic carbocycles. The number of aryl methyl sites for hydroxylation is 2. The summed E-state index contributed by atoms with van der Waals surface area (Å²) in [7, 11) is 0. The van der Waals surface area contributed by atoms with Gasteiger partial charge in [-0.15, -0.1) is 21.6 Å². The van der Waals surface area contributed by atoms with Gasteiger partial charge in [0.25, 0.3) is 5.88 Å². The number of phenols is 1. The van der Waals surface area contributed by atoms with Crippen molar-refractivity contribution in [1.82, 2.24) is 5.16 Å². The van der Waals surface area contributed by atoms with E-state index >= 15 is 0 Å². The predicted molar refractivity (Wildman–Crippen MR) is 95.8 cm³/mol. The Labute approximate surface area is 142 Å². The number of hydrogen-bond donors (Lipinski definition) is 1. The number of phenolic OH excluding ortho intramolecular Hbond substituents is 1. The lowest BCUT2D eigenvalue weighted by Gasteiger charge is -2.05. The molecule has 24 heavy (non-hydrogen) atoms. The molecule has 0 aliphatic carbocycles. The summed E-state index contributed by atoms with van der Waals surface area (Å²) in [5.74, 6) is 0.678. The molecule has 0 fully saturated rings. The minimum Gasteiger partial charge on any atom is -0.507 e. The molecular weight excluding hydrogens is 322 g/mol. The van der Waals surface area contributed by atoms with Gasteiger partial charge < -0.3 is 9.63 Å². The molecule has 0 spiro atoms. The normalized spacial score (nSPS) is 11.9. The highest BCUT2D eigenvalue weighted by atomic mass is 32.1. The summed E-state index contributed by atoms with van der Waals surface area (Å²) in [5.41, 5.74) is 2.49. The van der Waals surface area contributed by atoms with Gasteiger partial charge in [0.05, 0.1) is 10.1 Å². The average molecular weight is 337 g/mol. The molecule has 0 amide bonds. The second-order valence-corrected chi connectivity index (χ2v) is 6.82. The van der Waals surface area contributed by atoms with Crippen LogP contribution in [0.25, 0.3) is 21.0 Å². The molecule has 0 radical (unpaired) electrons. The van der Waals surface area contributed by atoms with E-state index in [2.05, 4.69) is 15.4 Å². The van der Waals surface area contributed by atoms with E-state index in [9.17, 15) is 5.11 Å². The van der Waals surface area contributed by atoms with Gasteiger partial charge in [0.15, 0.2) is 0 Å². The highest BCUT2D eigenvalue weighted by molar-refractivity contribution is 7.19. The van der Waals surface area contributed by atoms with Crippen molar-refractivity contribution in [3.05, 3.63) is 46.8 Å². The van der Waals surface area contributed by atoms with E-state index in [4.69, 9.17) is 4.52 Å². The largest absolute Gasteiger partial charge is 0.507 e. The standard InChI is InChI=1S/C18H15N3O2S/c1-3-11-9-15(22)13-8-10(2)24-17(13)16(11)19-20-18-12-6-4-5-7-14(12)21-23-18/h4-9,22H,3H2,1-2H3. The van der Waals surface area contributed by atoms with Crippen LogP contribution in [0.2, 0.25) is 0 Å². The topological polar surface area (TPSA) is 71.0 Å². The van der Waals surface area contributed by atoms with Crippen molar-refractivity contribution in [3.63, 3.8) is 0 Å². The zero-order valence-corrected chi connectivity index (χ0v) is 14.1. The van der Waals surface area contributed by atoms with Crippen molar-refractivity contribution >= 4 is 43.9 Å². The van der Waals surface area contributed by atoms with Crippen LogP contribution in [-0.4, -0.2) is 10.3 Å². The summed E-state index contributed by atoms with van der Waals surface area (Å²) in [6, 6.07) is 11.3. The maximum Gasteiger partial charge on any atom is 0.277 e. The van der Waals surface area contributed by atoms with E-state index in [0.717, 1.165) is 43.5 Å². The molecule has 1 N–H and O–H groups in total. The molecule has 0 saturated heterocycles. The van der Waals surface area contributed by atoms with Crippen LogP contribution < -0.4 is 0 Å². The van der Waals surface area contributed by atoms with Gasteiger partial charge in [-0.3, -0.25) is 0 Å². The quantitative estimate of drug-likeness (QED) is 0.464. The maximum absolute atomic E-state index is 10.2. The molecule has 6 heteroatoms. The number of aromatic hydroxyl groups is 1. The van der Waals surface area contributed by atoms with Gasteiger partial charge in [-0.1, -0.05) is 24.2 Å². The lowest BCUT2D eigenvalue weighted by Crippen LogP contribution is -1.82. The molecule has 5 nitrogen and oxygen atoms in total. The Bertz CT molecular complexity index is 1080. The number of hydrogen-bond acceptors (Lipinski definition) is 6. The maximum atomic E-state index is 10.2. The lowest BCUT2D eigenvalue weighted by molar-refractivity contribution is 0.436. The van der Waals surface area contributed by atoms with E-state index in [0.29, 0.717) is 5.88 Å². The van der Waals surface area contributed by atoms with Crippen molar-refractivity contribution in [2.75, 3.05) is 0 Å². The van der Waals surface area contributed by atoms with Gasteiger partial charge >= 0.3 is 0 Å². The molecule has 120 valence electrons. The average Bonchev–Trinajstić information content (AvgIpc) is 3.17. The second-order valence-electron chi connectivity index (χ2n) is 5.56. The van der Waals surface area contributed by atoms with Gasteiger partial charge in [0, 0.05) is 10.3 Å². The number of fused-ring (bicyclic) bond motifs is 2. The highest BCUT2D eigenvalue weighted by Crippen LogP contribution is 2.42. The molecule has 0 bridgehead atoms. The van der Waals surface area contributed by atoms with E-state index in [1.54, 1.807) is 17.4 Å². The molecule has 4 aromatic rings. The molecule has 2 aromatic heterocycles. The molecular formula is C18H15N3O2S. The first-order chi connectivity index (χ1) is 11.7. The first kappa shape index (κ1) is 14.8. The minimum absolute atomic E-state index is 0.287. The first-order valence-electron chi connectivity index (χ1n) is 7.68. The number of aromatic nitrogens is 1. The Morgan fingerprint density at radius 3 is 2.83 bits per heavy atom. The summed E-state index contributed by atoms with van der Waals surface area (Å²) in [4.78, 5) is 1.12. The first-order valence-corrected chi connectivity index (χ1v) is 8.50. The van der Waals surface area contributed by atoms with Crippen molar-refractivity contribution in [3.8, 4) is 5.75 Å². The SMILES string of the molecule is CCc1cc(O)c2cc(C)sc2c1N=Nc1onc2ccccc12. The van der Waals surface area contributed by atoms with Gasteiger partial charge in [-0.25, -0.2) is 0 Å². The Hall–Kier alpha value is -2.73. The Balaban J connectivity index is 1.88. The third kappa shape index (κ3) is 2.35. The third-order valence-corrected chi connectivity index (χ3v) is 5.01. The van der Waals surface area contributed by atoms with Crippen LogP contribution in [-0.2, 0) is 6.42 Å². The minimum atomic E-state index is 0.287. The van der Waals surface area contributed by atoms with Crippen LogP contribution >= 0.6 is 11.3 Å². The number of azo groups is 1. The van der Waals surface area contributed by atoms with Crippen molar-refractivity contribution in [2.45, 2.75) is 20.3 Å². The predicted octanol–water partition coefficient (Wildman–Crippen LogP) is 6.03. The summed E-state index contributed by atoms with van der Waals surface area (Å²) in [5, 5.41) is 24.6. The molecule has 0 atom stereocenters. The van der Waals surface area contributed by atoms with Crippen molar-refractivity contribution in [1.29, 1.82) is 0 Å². The molecule has 4 rings (SSSR count). The molecule has 0 saturated carbocycles. The Morgan fingerprint density at radius 2 is 2.00 bits per heavy atom. The summed E-state index contributed by atoms with van der Waals surface area (Å²) < 4.78 is 6.24. The number of rotatable bonds is 3. The van der Waals surface area contributed by atoms with Crippen LogP contribution in [0.5, 0.6) is 5.75 Å². The summed E-state index contributed by atoms with van der Waals surface area (Å²) in [6.45, 7) is 4.05. The van der Waals surface area contributed by atoms with Crippen LogP contribution in [0.15, 0.2) is 51.1 Å². The van der Waals surface area contributed by atoms with E-state index < -0.39 is 0 Å². The van der Waals surface area contributed by atoms with Gasteiger partial charge in [0.1, 0.15) is 17.0 Å². The van der Waals surface area contributed by atoms with Gasteiger partial charge in [-0.05, 0) is 43.2 Å². The van der Waals surface area contributed by atoms with E-state index in [1.807, 2.05) is 44.2 Å². The number of nitrogens with zero attached hydrogens (tertiary/aromatic N) is 3. The van der Waals surface area contributed by atoms with Crippen molar-refractivity contribution in [2.24, 2.45) is 10.2 Å². The third-order valence-electron chi connectivity index (χ3n) is 3.95. The second kappa shape index (κ2) is 5.72.